The molecule has 0 radical (unpaired) electrons. The molecule has 0 aliphatic carbocycles. The molecule has 134 valence electrons. The summed E-state index contributed by atoms with van der Waals surface area (Å²) in [5.74, 6) is 0.312. The lowest BCUT2D eigenvalue weighted by Crippen LogP contribution is -2.14. The molecule has 0 aliphatic rings. The normalized spacial score (nSPS) is 10.7. The highest BCUT2D eigenvalue weighted by Gasteiger charge is 2.11. The lowest BCUT2D eigenvalue weighted by molar-refractivity contribution is -0.115. The molecule has 0 saturated carbocycles. The van der Waals surface area contributed by atoms with E-state index in [4.69, 9.17) is 4.42 Å². The maximum absolute atomic E-state index is 12.2. The van der Waals surface area contributed by atoms with Crippen molar-refractivity contribution in [3.63, 3.8) is 0 Å². The van der Waals surface area contributed by atoms with Crippen molar-refractivity contribution in [1.29, 1.82) is 0 Å². The number of carbonyl (C=O) groups is 1. The molecule has 1 heterocycles. The monoisotopic (exact) mass is 349 g/mol. The van der Waals surface area contributed by atoms with E-state index in [2.05, 4.69) is 53.6 Å². The minimum atomic E-state index is -0.171. The van der Waals surface area contributed by atoms with E-state index in [0.29, 0.717) is 12.3 Å². The molecule has 0 unspecified atom stereocenters. The third-order valence-corrected chi connectivity index (χ3v) is 4.44. The SMILES string of the molecule is CCc1ccc(Cc2nnc(NC(=O)Cc3ccc(C)c(C)c3)o2)cc1. The van der Waals surface area contributed by atoms with Crippen LogP contribution in [-0.4, -0.2) is 16.1 Å². The summed E-state index contributed by atoms with van der Waals surface area (Å²) < 4.78 is 5.54. The van der Waals surface area contributed by atoms with Gasteiger partial charge in [-0.2, -0.15) is 0 Å². The number of nitrogens with zero attached hydrogens (tertiary/aromatic N) is 2. The second-order valence-electron chi connectivity index (χ2n) is 6.49. The zero-order valence-corrected chi connectivity index (χ0v) is 15.4. The molecule has 1 amide bonds. The standard InChI is InChI=1S/C21H23N3O2/c1-4-16-7-9-17(10-8-16)13-20-23-24-21(26-20)22-19(25)12-18-6-5-14(2)15(3)11-18/h5-11H,4,12-13H2,1-3H3,(H,22,24,25). The highest BCUT2D eigenvalue weighted by Crippen LogP contribution is 2.14. The summed E-state index contributed by atoms with van der Waals surface area (Å²) in [7, 11) is 0. The Morgan fingerprint density at radius 3 is 2.35 bits per heavy atom. The number of rotatable bonds is 6. The summed E-state index contributed by atoms with van der Waals surface area (Å²) in [5, 5.41) is 10.6. The second kappa shape index (κ2) is 7.95. The Kier molecular flexibility index (Phi) is 5.46. The Morgan fingerprint density at radius 1 is 0.962 bits per heavy atom. The first-order valence-electron chi connectivity index (χ1n) is 8.79. The van der Waals surface area contributed by atoms with Crippen LogP contribution in [0.5, 0.6) is 0 Å². The Morgan fingerprint density at radius 2 is 1.65 bits per heavy atom. The molecule has 26 heavy (non-hydrogen) atoms. The van der Waals surface area contributed by atoms with Gasteiger partial charge in [-0.15, -0.1) is 5.10 Å². The van der Waals surface area contributed by atoms with Gasteiger partial charge in [-0.1, -0.05) is 54.5 Å². The number of carbonyl (C=O) groups excluding carboxylic acids is 1. The topological polar surface area (TPSA) is 68.0 Å². The van der Waals surface area contributed by atoms with Crippen molar-refractivity contribution in [3.8, 4) is 0 Å². The molecule has 0 bridgehead atoms. The predicted octanol–water partition coefficient (Wildman–Crippen LogP) is 4.02. The van der Waals surface area contributed by atoms with Crippen LogP contribution in [0.3, 0.4) is 0 Å². The smallest absolute Gasteiger partial charge is 0.322 e. The van der Waals surface area contributed by atoms with Crippen molar-refractivity contribution in [2.45, 2.75) is 40.0 Å². The first-order chi connectivity index (χ1) is 12.5. The predicted molar refractivity (Wildman–Crippen MR) is 101 cm³/mol. The van der Waals surface area contributed by atoms with Crippen LogP contribution in [0.25, 0.3) is 0 Å². The van der Waals surface area contributed by atoms with Crippen LogP contribution in [-0.2, 0) is 24.1 Å². The van der Waals surface area contributed by atoms with Crippen molar-refractivity contribution in [1.82, 2.24) is 10.2 Å². The van der Waals surface area contributed by atoms with Crippen molar-refractivity contribution in [2.75, 3.05) is 5.32 Å². The van der Waals surface area contributed by atoms with Gasteiger partial charge in [0.25, 0.3) is 0 Å². The van der Waals surface area contributed by atoms with Crippen molar-refractivity contribution in [3.05, 3.63) is 76.2 Å². The first kappa shape index (κ1) is 17.9. The molecule has 0 aliphatic heterocycles. The zero-order chi connectivity index (χ0) is 18.5. The summed E-state index contributed by atoms with van der Waals surface area (Å²) in [5.41, 5.74) is 5.73. The highest BCUT2D eigenvalue weighted by molar-refractivity contribution is 5.90. The summed E-state index contributed by atoms with van der Waals surface area (Å²) in [4.78, 5) is 12.2. The van der Waals surface area contributed by atoms with Crippen molar-refractivity contribution < 1.29 is 9.21 Å². The molecular weight excluding hydrogens is 326 g/mol. The molecule has 1 N–H and O–H groups in total. The average molecular weight is 349 g/mol. The molecular formula is C21H23N3O2. The number of aryl methyl sites for hydroxylation is 3. The third kappa shape index (κ3) is 4.57. The number of anilines is 1. The fraction of sp³-hybridized carbons (Fsp3) is 0.286. The van der Waals surface area contributed by atoms with Crippen LogP contribution in [0.15, 0.2) is 46.9 Å². The molecule has 5 nitrogen and oxygen atoms in total. The Hall–Kier alpha value is -2.95. The lowest BCUT2D eigenvalue weighted by Gasteiger charge is -2.04. The maximum atomic E-state index is 12.2. The first-order valence-corrected chi connectivity index (χ1v) is 8.79. The van der Waals surface area contributed by atoms with E-state index in [1.54, 1.807) is 0 Å². The Labute approximate surface area is 153 Å². The molecule has 5 heteroatoms. The van der Waals surface area contributed by atoms with Crippen LogP contribution >= 0.6 is 0 Å². The van der Waals surface area contributed by atoms with Gasteiger partial charge in [-0.05, 0) is 48.1 Å². The van der Waals surface area contributed by atoms with E-state index >= 15 is 0 Å². The number of benzene rings is 2. The van der Waals surface area contributed by atoms with Crippen molar-refractivity contribution >= 4 is 11.9 Å². The molecule has 3 aromatic rings. The summed E-state index contributed by atoms with van der Waals surface area (Å²) in [6, 6.07) is 14.4. The van der Waals surface area contributed by atoms with Gasteiger partial charge in [0.2, 0.25) is 11.8 Å². The average Bonchev–Trinajstić information content (AvgIpc) is 3.05. The van der Waals surface area contributed by atoms with Crippen LogP contribution in [0.4, 0.5) is 6.01 Å². The minimum absolute atomic E-state index is 0.138. The quantitative estimate of drug-likeness (QED) is 0.730. The van der Waals surface area contributed by atoms with E-state index < -0.39 is 0 Å². The molecule has 2 aromatic carbocycles. The number of nitrogens with one attached hydrogen (secondary N) is 1. The van der Waals surface area contributed by atoms with E-state index in [1.165, 1.54) is 16.7 Å². The third-order valence-electron chi connectivity index (χ3n) is 4.44. The summed E-state index contributed by atoms with van der Waals surface area (Å²) in [6.45, 7) is 6.21. The van der Waals surface area contributed by atoms with Gasteiger partial charge in [-0.25, -0.2) is 0 Å². The van der Waals surface area contributed by atoms with E-state index in [-0.39, 0.29) is 18.3 Å². The molecule has 0 saturated heterocycles. The highest BCUT2D eigenvalue weighted by atomic mass is 16.4. The van der Waals surface area contributed by atoms with Crippen molar-refractivity contribution in [2.24, 2.45) is 0 Å². The maximum Gasteiger partial charge on any atom is 0.322 e. The van der Waals surface area contributed by atoms with Gasteiger partial charge >= 0.3 is 6.01 Å². The molecule has 1 aromatic heterocycles. The molecule has 0 spiro atoms. The molecule has 0 fully saturated rings. The largest absolute Gasteiger partial charge is 0.407 e. The number of hydrogen-bond donors (Lipinski definition) is 1. The van der Waals surface area contributed by atoms with Crippen LogP contribution < -0.4 is 5.32 Å². The van der Waals surface area contributed by atoms with Gasteiger partial charge in [-0.3, -0.25) is 10.1 Å². The number of aromatic nitrogens is 2. The lowest BCUT2D eigenvalue weighted by atomic mass is 10.0. The fourth-order valence-electron chi connectivity index (χ4n) is 2.71. The Bertz CT molecular complexity index is 898. The fourth-order valence-corrected chi connectivity index (χ4v) is 2.71. The van der Waals surface area contributed by atoms with Gasteiger partial charge in [0.05, 0.1) is 12.8 Å². The number of amides is 1. The number of hydrogen-bond acceptors (Lipinski definition) is 4. The van der Waals surface area contributed by atoms with Gasteiger partial charge in [0, 0.05) is 0 Å². The van der Waals surface area contributed by atoms with Gasteiger partial charge in [0.1, 0.15) is 0 Å². The Balaban J connectivity index is 1.58. The van der Waals surface area contributed by atoms with E-state index in [0.717, 1.165) is 17.5 Å². The summed E-state index contributed by atoms with van der Waals surface area (Å²) in [6.07, 6.45) is 1.83. The van der Waals surface area contributed by atoms with E-state index in [1.807, 2.05) is 25.1 Å². The molecule has 3 rings (SSSR count). The van der Waals surface area contributed by atoms with Gasteiger partial charge < -0.3 is 4.42 Å². The van der Waals surface area contributed by atoms with Crippen LogP contribution in [0.2, 0.25) is 0 Å². The van der Waals surface area contributed by atoms with E-state index in [9.17, 15) is 4.79 Å². The minimum Gasteiger partial charge on any atom is -0.407 e. The molecule has 0 atom stereocenters. The zero-order valence-electron chi connectivity index (χ0n) is 15.4. The van der Waals surface area contributed by atoms with Crippen LogP contribution in [0.1, 0.15) is 40.6 Å². The second-order valence-corrected chi connectivity index (χ2v) is 6.49. The summed E-state index contributed by atoms with van der Waals surface area (Å²) >= 11 is 0. The van der Waals surface area contributed by atoms with Gasteiger partial charge in [0.15, 0.2) is 0 Å². The van der Waals surface area contributed by atoms with Crippen LogP contribution in [0, 0.1) is 13.8 Å².